The summed E-state index contributed by atoms with van der Waals surface area (Å²) in [6.07, 6.45) is 0.818. The number of benzene rings is 2. The second kappa shape index (κ2) is 8.37. The maximum Gasteiger partial charge on any atom is 0.225 e. The maximum absolute atomic E-state index is 13.6. The number of nitrogens with one attached hydrogen (secondary N) is 1. The number of hydrogen-bond donors (Lipinski definition) is 1. The quantitative estimate of drug-likeness (QED) is 0.799. The summed E-state index contributed by atoms with van der Waals surface area (Å²) >= 11 is 0. The summed E-state index contributed by atoms with van der Waals surface area (Å²) in [7, 11) is -3.59. The summed E-state index contributed by atoms with van der Waals surface area (Å²) in [6.45, 7) is 1.60. The van der Waals surface area contributed by atoms with Gasteiger partial charge in [0, 0.05) is 19.0 Å². The molecule has 0 fully saturated rings. The molecule has 0 saturated heterocycles. The van der Waals surface area contributed by atoms with E-state index < -0.39 is 39.3 Å². The number of anilines is 1. The lowest BCUT2D eigenvalue weighted by atomic mass is 10.1. The van der Waals surface area contributed by atoms with Gasteiger partial charge in [-0.25, -0.2) is 17.2 Å². The summed E-state index contributed by atoms with van der Waals surface area (Å²) in [6, 6.07) is 11.7. The van der Waals surface area contributed by atoms with Crippen molar-refractivity contribution in [1.82, 2.24) is 4.31 Å². The molecule has 5 nitrogen and oxygen atoms in total. The van der Waals surface area contributed by atoms with Gasteiger partial charge in [-0.05, 0) is 24.6 Å². The van der Waals surface area contributed by atoms with Gasteiger partial charge in [0.05, 0.1) is 6.26 Å². The van der Waals surface area contributed by atoms with E-state index in [4.69, 9.17) is 0 Å². The van der Waals surface area contributed by atoms with Crippen LogP contribution in [0.5, 0.6) is 0 Å². The second-order valence-corrected chi connectivity index (χ2v) is 7.79. The van der Waals surface area contributed by atoms with Crippen molar-refractivity contribution in [3.63, 3.8) is 0 Å². The van der Waals surface area contributed by atoms with E-state index in [0.29, 0.717) is 0 Å². The van der Waals surface area contributed by atoms with Crippen LogP contribution in [0.3, 0.4) is 0 Å². The first-order valence-corrected chi connectivity index (χ1v) is 9.80. The fraction of sp³-hybridized carbons (Fsp3) is 0.278. The van der Waals surface area contributed by atoms with Gasteiger partial charge >= 0.3 is 0 Å². The van der Waals surface area contributed by atoms with Crippen molar-refractivity contribution in [2.45, 2.75) is 19.4 Å². The average Bonchev–Trinajstić information content (AvgIpc) is 2.58. The molecule has 0 saturated carbocycles. The Balaban J connectivity index is 2.09. The zero-order valence-electron chi connectivity index (χ0n) is 14.4. The molecular weight excluding hydrogens is 362 g/mol. The van der Waals surface area contributed by atoms with Gasteiger partial charge < -0.3 is 5.32 Å². The van der Waals surface area contributed by atoms with Crippen LogP contribution in [0.4, 0.5) is 14.5 Å². The predicted octanol–water partition coefficient (Wildman–Crippen LogP) is 3.32. The first-order chi connectivity index (χ1) is 12.2. The molecule has 8 heteroatoms. The van der Waals surface area contributed by atoms with Crippen molar-refractivity contribution in [1.29, 1.82) is 0 Å². The molecule has 2 rings (SSSR count). The lowest BCUT2D eigenvalue weighted by Gasteiger charge is -2.27. The van der Waals surface area contributed by atoms with E-state index in [1.807, 2.05) is 6.07 Å². The van der Waals surface area contributed by atoms with Crippen LogP contribution in [0.2, 0.25) is 0 Å². The summed E-state index contributed by atoms with van der Waals surface area (Å²) < 4.78 is 52.6. The van der Waals surface area contributed by atoms with Crippen LogP contribution < -0.4 is 5.32 Å². The number of amides is 1. The number of carbonyl (C=O) groups excluding carboxylic acids is 1. The minimum absolute atomic E-state index is 0.114. The summed E-state index contributed by atoms with van der Waals surface area (Å²) in [5, 5.41) is 2.15. The molecule has 0 spiro atoms. The molecule has 0 aromatic heterocycles. The fourth-order valence-corrected chi connectivity index (χ4v) is 3.69. The topological polar surface area (TPSA) is 66.5 Å². The van der Waals surface area contributed by atoms with Crippen molar-refractivity contribution >= 4 is 21.6 Å². The minimum Gasteiger partial charge on any atom is -0.321 e. The predicted molar refractivity (Wildman–Crippen MR) is 96.0 cm³/mol. The number of nitrogens with zero attached hydrogens (tertiary/aromatic N) is 1. The highest BCUT2D eigenvalue weighted by molar-refractivity contribution is 7.88. The van der Waals surface area contributed by atoms with Crippen molar-refractivity contribution in [3.8, 4) is 0 Å². The van der Waals surface area contributed by atoms with E-state index >= 15 is 0 Å². The molecule has 140 valence electrons. The third-order valence-corrected chi connectivity index (χ3v) is 5.28. The lowest BCUT2D eigenvalue weighted by molar-refractivity contribution is -0.116. The van der Waals surface area contributed by atoms with E-state index in [1.165, 1.54) is 10.4 Å². The van der Waals surface area contributed by atoms with Gasteiger partial charge in [0.2, 0.25) is 15.9 Å². The molecule has 1 N–H and O–H groups in total. The van der Waals surface area contributed by atoms with Crippen molar-refractivity contribution in [3.05, 3.63) is 65.7 Å². The van der Waals surface area contributed by atoms with Gasteiger partial charge in [-0.15, -0.1) is 0 Å². The summed E-state index contributed by atoms with van der Waals surface area (Å²) in [5.74, 6) is -2.46. The molecule has 0 bridgehead atoms. The first-order valence-electron chi connectivity index (χ1n) is 7.95. The normalized spacial score (nSPS) is 12.8. The van der Waals surface area contributed by atoms with E-state index in [0.717, 1.165) is 24.0 Å². The van der Waals surface area contributed by atoms with Crippen LogP contribution in [0.15, 0.2) is 48.5 Å². The molecule has 1 amide bonds. The molecule has 1 atom stereocenters. The molecule has 2 aromatic carbocycles. The number of para-hydroxylation sites is 1. The number of carbonyl (C=O) groups is 1. The monoisotopic (exact) mass is 382 g/mol. The number of hydrogen-bond acceptors (Lipinski definition) is 3. The van der Waals surface area contributed by atoms with Gasteiger partial charge in [-0.1, -0.05) is 36.4 Å². The van der Waals surface area contributed by atoms with Gasteiger partial charge in [-0.3, -0.25) is 4.79 Å². The molecule has 0 heterocycles. The molecule has 26 heavy (non-hydrogen) atoms. The van der Waals surface area contributed by atoms with Crippen LogP contribution >= 0.6 is 0 Å². The van der Waals surface area contributed by atoms with E-state index in [9.17, 15) is 22.0 Å². The maximum atomic E-state index is 13.6. The Labute approximate surface area is 151 Å². The Morgan fingerprint density at radius 1 is 1.08 bits per heavy atom. The van der Waals surface area contributed by atoms with Crippen LogP contribution in [0, 0.1) is 11.6 Å². The second-order valence-electron chi connectivity index (χ2n) is 5.86. The highest BCUT2D eigenvalue weighted by Crippen LogP contribution is 2.23. The Hall–Kier alpha value is -2.32. The van der Waals surface area contributed by atoms with Crippen LogP contribution in [0.25, 0.3) is 0 Å². The van der Waals surface area contributed by atoms with Gasteiger partial charge in [-0.2, -0.15) is 4.31 Å². The largest absolute Gasteiger partial charge is 0.321 e. The smallest absolute Gasteiger partial charge is 0.225 e. The first kappa shape index (κ1) is 20.0. The van der Waals surface area contributed by atoms with Crippen molar-refractivity contribution in [2.75, 3.05) is 18.1 Å². The number of halogens is 2. The average molecular weight is 382 g/mol. The van der Waals surface area contributed by atoms with E-state index in [2.05, 4.69) is 5.32 Å². The van der Waals surface area contributed by atoms with E-state index in [-0.39, 0.29) is 13.0 Å². The third-order valence-electron chi connectivity index (χ3n) is 3.93. The highest BCUT2D eigenvalue weighted by atomic mass is 32.2. The summed E-state index contributed by atoms with van der Waals surface area (Å²) in [5.41, 5.74) is 0.234. The lowest BCUT2D eigenvalue weighted by Crippen LogP contribution is -2.35. The Morgan fingerprint density at radius 3 is 2.19 bits per heavy atom. The number of rotatable bonds is 7. The molecule has 0 aliphatic heterocycles. The standard InChI is InChI=1S/C18H20F2N2O3S/c1-13(14-7-4-3-5-8-14)22(26(2,24)25)12-11-17(23)21-18-15(19)9-6-10-16(18)20/h3-10,13H,11-12H2,1-2H3,(H,21,23). The Morgan fingerprint density at radius 2 is 1.65 bits per heavy atom. The molecule has 0 radical (unpaired) electrons. The van der Waals surface area contributed by atoms with Crippen molar-refractivity contribution < 1.29 is 22.0 Å². The molecule has 2 aromatic rings. The fourth-order valence-electron chi connectivity index (χ4n) is 2.58. The van der Waals surface area contributed by atoms with Gasteiger partial charge in [0.25, 0.3) is 0 Å². The highest BCUT2D eigenvalue weighted by Gasteiger charge is 2.25. The van der Waals surface area contributed by atoms with E-state index in [1.54, 1.807) is 31.2 Å². The SMILES string of the molecule is CC(c1ccccc1)N(CCC(=O)Nc1c(F)cccc1F)S(C)(=O)=O. The van der Waals surface area contributed by atoms with Crippen LogP contribution in [0.1, 0.15) is 24.9 Å². The third kappa shape index (κ3) is 5.09. The Bertz CT molecular complexity index is 853. The molecule has 0 aliphatic rings. The minimum atomic E-state index is -3.59. The molecule has 1 unspecified atom stereocenters. The zero-order valence-corrected chi connectivity index (χ0v) is 15.3. The zero-order chi connectivity index (χ0) is 19.3. The van der Waals surface area contributed by atoms with Crippen LogP contribution in [-0.4, -0.2) is 31.4 Å². The van der Waals surface area contributed by atoms with Gasteiger partial charge in [0.1, 0.15) is 17.3 Å². The van der Waals surface area contributed by atoms with Gasteiger partial charge in [0.15, 0.2) is 0 Å². The molecular formula is C18H20F2N2O3S. The summed E-state index contributed by atoms with van der Waals surface area (Å²) in [4.78, 5) is 12.0. The van der Waals surface area contributed by atoms with Crippen molar-refractivity contribution in [2.24, 2.45) is 0 Å². The van der Waals surface area contributed by atoms with Crippen LogP contribution in [-0.2, 0) is 14.8 Å². The molecule has 0 aliphatic carbocycles. The number of sulfonamides is 1. The Kier molecular flexibility index (Phi) is 6.44.